The van der Waals surface area contributed by atoms with E-state index in [-0.39, 0.29) is 42.0 Å². The van der Waals surface area contributed by atoms with E-state index in [1.807, 2.05) is 12.1 Å². The van der Waals surface area contributed by atoms with E-state index in [9.17, 15) is 22.4 Å². The van der Waals surface area contributed by atoms with Gasteiger partial charge in [0.1, 0.15) is 11.9 Å². The van der Waals surface area contributed by atoms with Gasteiger partial charge in [-0.15, -0.1) is 0 Å². The standard InChI is InChI=1S/C30H33ClFN3O4S/c1-22(30(37)33-20-25-6-2-3-7-28(25)31)35(21-24-8-13-26(32)14-9-24)29(36)17-12-23-10-15-27(16-11-23)40(38,39)34-18-4-5-19-34/h2-3,6-11,13-16,22H,4-5,12,17-21H2,1H3,(H,33,37). The van der Waals surface area contributed by atoms with E-state index in [1.54, 1.807) is 55.5 Å². The SMILES string of the molecule is CC(C(=O)NCc1ccccc1Cl)N(Cc1ccc(F)cc1)C(=O)CCc1ccc(S(=O)(=O)N2CCCC2)cc1. The molecule has 0 radical (unpaired) electrons. The fourth-order valence-corrected chi connectivity index (χ4v) is 6.36. The molecular formula is C30H33ClFN3O4S. The molecule has 10 heteroatoms. The quantitative estimate of drug-likeness (QED) is 0.346. The summed E-state index contributed by atoms with van der Waals surface area (Å²) in [5.41, 5.74) is 2.26. The average Bonchev–Trinajstić information content (AvgIpc) is 3.51. The van der Waals surface area contributed by atoms with Crippen LogP contribution in [0.4, 0.5) is 4.39 Å². The van der Waals surface area contributed by atoms with Crippen molar-refractivity contribution in [2.75, 3.05) is 13.1 Å². The lowest BCUT2D eigenvalue weighted by Crippen LogP contribution is -2.47. The summed E-state index contributed by atoms with van der Waals surface area (Å²) in [6.07, 6.45) is 2.22. The van der Waals surface area contributed by atoms with Crippen molar-refractivity contribution in [3.05, 3.63) is 100 Å². The van der Waals surface area contributed by atoms with Crippen molar-refractivity contribution >= 4 is 33.4 Å². The molecule has 1 unspecified atom stereocenters. The smallest absolute Gasteiger partial charge is 0.243 e. The summed E-state index contributed by atoms with van der Waals surface area (Å²) in [6, 6.07) is 18.8. The highest BCUT2D eigenvalue weighted by Gasteiger charge is 2.28. The number of rotatable bonds is 11. The Balaban J connectivity index is 1.43. The zero-order chi connectivity index (χ0) is 28.7. The Morgan fingerprint density at radius 2 is 1.60 bits per heavy atom. The van der Waals surface area contributed by atoms with Crippen molar-refractivity contribution in [2.24, 2.45) is 0 Å². The van der Waals surface area contributed by atoms with Crippen LogP contribution in [0.2, 0.25) is 5.02 Å². The lowest BCUT2D eigenvalue weighted by molar-refractivity contribution is -0.140. The maximum atomic E-state index is 13.5. The van der Waals surface area contributed by atoms with Gasteiger partial charge in [-0.2, -0.15) is 4.31 Å². The molecule has 1 atom stereocenters. The van der Waals surface area contributed by atoms with Crippen molar-refractivity contribution < 1.29 is 22.4 Å². The molecule has 1 saturated heterocycles. The predicted octanol–water partition coefficient (Wildman–Crippen LogP) is 4.93. The summed E-state index contributed by atoms with van der Waals surface area (Å²) >= 11 is 6.21. The molecule has 212 valence electrons. The van der Waals surface area contributed by atoms with Crippen LogP contribution in [0.5, 0.6) is 0 Å². The second kappa shape index (κ2) is 13.4. The molecule has 0 aliphatic carbocycles. The first-order chi connectivity index (χ1) is 19.1. The van der Waals surface area contributed by atoms with E-state index in [4.69, 9.17) is 11.6 Å². The van der Waals surface area contributed by atoms with Crippen molar-refractivity contribution in [3.8, 4) is 0 Å². The lowest BCUT2D eigenvalue weighted by Gasteiger charge is -2.29. The Kier molecular flexibility index (Phi) is 9.95. The van der Waals surface area contributed by atoms with Crippen LogP contribution in [0.3, 0.4) is 0 Å². The van der Waals surface area contributed by atoms with Crippen LogP contribution < -0.4 is 5.32 Å². The van der Waals surface area contributed by atoms with Gasteiger partial charge in [-0.25, -0.2) is 12.8 Å². The number of carbonyl (C=O) groups is 2. The summed E-state index contributed by atoms with van der Waals surface area (Å²) < 4.78 is 40.6. The summed E-state index contributed by atoms with van der Waals surface area (Å²) in [6.45, 7) is 3.07. The molecule has 1 heterocycles. The first-order valence-corrected chi connectivity index (χ1v) is 15.1. The molecule has 0 aromatic heterocycles. The summed E-state index contributed by atoms with van der Waals surface area (Å²) in [5.74, 6) is -0.979. The van der Waals surface area contributed by atoms with Gasteiger partial charge in [0.2, 0.25) is 21.8 Å². The third-order valence-electron chi connectivity index (χ3n) is 7.10. The average molecular weight is 586 g/mol. The number of sulfonamides is 1. The van der Waals surface area contributed by atoms with Crippen molar-refractivity contribution in [2.45, 2.75) is 56.6 Å². The van der Waals surface area contributed by atoms with Crippen molar-refractivity contribution in [1.29, 1.82) is 0 Å². The normalized spacial score (nSPS) is 14.6. The largest absolute Gasteiger partial charge is 0.350 e. The number of hydrogen-bond acceptors (Lipinski definition) is 4. The van der Waals surface area contributed by atoms with E-state index in [0.717, 1.165) is 24.0 Å². The van der Waals surface area contributed by atoms with E-state index in [0.29, 0.717) is 30.1 Å². The molecule has 7 nitrogen and oxygen atoms in total. The Labute approximate surface area is 240 Å². The number of hydrogen-bond donors (Lipinski definition) is 1. The molecule has 1 aliphatic heterocycles. The number of amides is 2. The van der Waals surface area contributed by atoms with Crippen molar-refractivity contribution in [1.82, 2.24) is 14.5 Å². The third-order valence-corrected chi connectivity index (χ3v) is 9.38. The minimum absolute atomic E-state index is 0.113. The molecule has 4 rings (SSSR count). The third kappa shape index (κ3) is 7.47. The topological polar surface area (TPSA) is 86.8 Å². The molecule has 3 aromatic rings. The van der Waals surface area contributed by atoms with E-state index in [2.05, 4.69) is 5.32 Å². The van der Waals surface area contributed by atoms with Crippen LogP contribution in [-0.2, 0) is 39.1 Å². The minimum atomic E-state index is -3.51. The Bertz CT molecular complexity index is 1430. The number of halogens is 2. The lowest BCUT2D eigenvalue weighted by atomic mass is 10.1. The van der Waals surface area contributed by atoms with Gasteiger partial charge in [-0.05, 0) is 73.2 Å². The van der Waals surface area contributed by atoms with Gasteiger partial charge < -0.3 is 10.2 Å². The molecule has 2 amide bonds. The molecule has 1 N–H and O–H groups in total. The first-order valence-electron chi connectivity index (χ1n) is 13.3. The molecule has 1 aliphatic rings. The van der Waals surface area contributed by atoms with Crippen LogP contribution in [-0.4, -0.2) is 48.6 Å². The highest BCUT2D eigenvalue weighted by Crippen LogP contribution is 2.22. The number of carbonyl (C=O) groups excluding carboxylic acids is 2. The fraction of sp³-hybridized carbons (Fsp3) is 0.333. The second-order valence-corrected chi connectivity index (χ2v) is 12.2. The number of aryl methyl sites for hydroxylation is 1. The molecule has 0 saturated carbocycles. The van der Waals surface area contributed by atoms with Gasteiger partial charge in [-0.3, -0.25) is 9.59 Å². The monoisotopic (exact) mass is 585 g/mol. The molecule has 0 spiro atoms. The van der Waals surface area contributed by atoms with E-state index in [1.165, 1.54) is 21.3 Å². The second-order valence-electron chi connectivity index (χ2n) is 9.89. The van der Waals surface area contributed by atoms with E-state index >= 15 is 0 Å². The van der Waals surface area contributed by atoms with E-state index < -0.39 is 16.1 Å². The Morgan fingerprint density at radius 3 is 2.25 bits per heavy atom. The number of benzene rings is 3. The van der Waals surface area contributed by atoms with Gasteiger partial charge >= 0.3 is 0 Å². The van der Waals surface area contributed by atoms with Crippen molar-refractivity contribution in [3.63, 3.8) is 0 Å². The predicted molar refractivity (Wildman–Crippen MR) is 152 cm³/mol. The summed E-state index contributed by atoms with van der Waals surface area (Å²) in [7, 11) is -3.51. The van der Waals surface area contributed by atoms with Gasteiger partial charge in [-0.1, -0.05) is 54.1 Å². The highest BCUT2D eigenvalue weighted by molar-refractivity contribution is 7.89. The highest BCUT2D eigenvalue weighted by atomic mass is 35.5. The van der Waals surface area contributed by atoms with Gasteiger partial charge in [0.15, 0.2) is 0 Å². The van der Waals surface area contributed by atoms with Crippen LogP contribution in [0, 0.1) is 5.82 Å². The van der Waals surface area contributed by atoms with Crippen LogP contribution in [0.15, 0.2) is 77.7 Å². The molecule has 1 fully saturated rings. The number of nitrogens with one attached hydrogen (secondary N) is 1. The maximum Gasteiger partial charge on any atom is 0.243 e. The molecule has 40 heavy (non-hydrogen) atoms. The maximum absolute atomic E-state index is 13.5. The summed E-state index contributed by atoms with van der Waals surface area (Å²) in [4.78, 5) is 28.2. The van der Waals surface area contributed by atoms with Gasteiger partial charge in [0, 0.05) is 37.6 Å². The zero-order valence-corrected chi connectivity index (χ0v) is 23.9. The fourth-order valence-electron chi connectivity index (χ4n) is 4.64. The molecule has 0 bridgehead atoms. The molecular weight excluding hydrogens is 553 g/mol. The zero-order valence-electron chi connectivity index (χ0n) is 22.4. The van der Waals surface area contributed by atoms with Crippen LogP contribution in [0.25, 0.3) is 0 Å². The van der Waals surface area contributed by atoms with Gasteiger partial charge in [0.05, 0.1) is 4.90 Å². The first kappa shape index (κ1) is 29.7. The minimum Gasteiger partial charge on any atom is -0.350 e. The van der Waals surface area contributed by atoms with Crippen LogP contribution in [0.1, 0.15) is 42.9 Å². The number of nitrogens with zero attached hydrogens (tertiary/aromatic N) is 2. The Hall–Kier alpha value is -3.27. The Morgan fingerprint density at radius 1 is 0.975 bits per heavy atom. The molecule has 3 aromatic carbocycles. The van der Waals surface area contributed by atoms with Gasteiger partial charge in [0.25, 0.3) is 0 Å². The van der Waals surface area contributed by atoms with Crippen LogP contribution >= 0.6 is 11.6 Å². The summed E-state index contributed by atoms with van der Waals surface area (Å²) in [5, 5.41) is 3.38.